The molecule has 100 valence electrons. The monoisotopic (exact) mass is 256 g/mol. The molecule has 0 aromatic heterocycles. The Hall–Kier alpha value is -1.54. The van der Waals surface area contributed by atoms with Gasteiger partial charge < -0.3 is 10.1 Å². The average Bonchev–Trinajstić information content (AvgIpc) is 2.98. The van der Waals surface area contributed by atoms with Gasteiger partial charge in [-0.15, -0.1) is 0 Å². The van der Waals surface area contributed by atoms with E-state index in [0.29, 0.717) is 0 Å². The summed E-state index contributed by atoms with van der Waals surface area (Å²) in [6.07, 6.45) is 5.58. The Morgan fingerprint density at radius 1 is 1.05 bits per heavy atom. The van der Waals surface area contributed by atoms with Gasteiger partial charge in [0.1, 0.15) is 12.3 Å². The minimum atomic E-state index is 0.834. The fourth-order valence-electron chi connectivity index (χ4n) is 3.18. The van der Waals surface area contributed by atoms with Gasteiger partial charge in [-0.25, -0.2) is 0 Å². The minimum Gasteiger partial charge on any atom is -0.496 e. The minimum absolute atomic E-state index is 0.834. The van der Waals surface area contributed by atoms with E-state index in [1.807, 2.05) is 0 Å². The van der Waals surface area contributed by atoms with E-state index in [9.17, 15) is 0 Å². The quantitative estimate of drug-likeness (QED) is 0.894. The third-order valence-corrected chi connectivity index (χ3v) is 4.27. The van der Waals surface area contributed by atoms with Crippen LogP contribution in [0, 0.1) is 0 Å². The van der Waals surface area contributed by atoms with Gasteiger partial charge in [0.15, 0.2) is 0 Å². The van der Waals surface area contributed by atoms with Crippen LogP contribution in [0.1, 0.15) is 31.2 Å². The van der Waals surface area contributed by atoms with Crippen molar-refractivity contribution in [2.75, 3.05) is 7.11 Å². The summed E-state index contributed by atoms with van der Waals surface area (Å²) in [5.74, 6) is 0.972. The first-order valence-electron chi connectivity index (χ1n) is 7.26. The summed E-state index contributed by atoms with van der Waals surface area (Å²) < 4.78 is 5.45. The van der Waals surface area contributed by atoms with E-state index < -0.39 is 0 Å². The van der Waals surface area contributed by atoms with Crippen molar-refractivity contribution in [3.8, 4) is 5.75 Å². The molecule has 0 radical (unpaired) electrons. The SMILES string of the molecule is COc1ccc(C[NH2+]C2CCCC2)c2ccccc12. The summed E-state index contributed by atoms with van der Waals surface area (Å²) >= 11 is 0. The van der Waals surface area contributed by atoms with Crippen LogP contribution < -0.4 is 10.1 Å². The average molecular weight is 256 g/mol. The fraction of sp³-hybridized carbons (Fsp3) is 0.412. The van der Waals surface area contributed by atoms with Gasteiger partial charge in [0, 0.05) is 10.9 Å². The number of rotatable bonds is 4. The number of methoxy groups -OCH3 is 1. The third kappa shape index (κ3) is 2.59. The number of nitrogens with two attached hydrogens (primary N) is 1. The molecule has 1 fully saturated rings. The largest absolute Gasteiger partial charge is 0.496 e. The first kappa shape index (κ1) is 12.5. The molecule has 0 aliphatic heterocycles. The number of ether oxygens (including phenoxy) is 1. The Bertz CT molecular complexity index is 558. The van der Waals surface area contributed by atoms with E-state index in [4.69, 9.17) is 4.74 Å². The van der Waals surface area contributed by atoms with Crippen LogP contribution in [-0.4, -0.2) is 13.2 Å². The van der Waals surface area contributed by atoms with E-state index in [2.05, 4.69) is 41.7 Å². The first-order chi connectivity index (χ1) is 9.38. The molecule has 1 aliphatic rings. The first-order valence-corrected chi connectivity index (χ1v) is 7.26. The summed E-state index contributed by atoms with van der Waals surface area (Å²) in [6.45, 7) is 1.08. The molecule has 3 rings (SSSR count). The van der Waals surface area contributed by atoms with Gasteiger partial charge in [-0.05, 0) is 43.2 Å². The predicted molar refractivity (Wildman–Crippen MR) is 78.4 cm³/mol. The molecule has 0 amide bonds. The second-order valence-corrected chi connectivity index (χ2v) is 5.46. The van der Waals surface area contributed by atoms with Gasteiger partial charge >= 0.3 is 0 Å². The van der Waals surface area contributed by atoms with Crippen LogP contribution in [0.3, 0.4) is 0 Å². The Balaban J connectivity index is 1.86. The predicted octanol–water partition coefficient (Wildman–Crippen LogP) is 2.85. The second-order valence-electron chi connectivity index (χ2n) is 5.46. The lowest BCUT2D eigenvalue weighted by atomic mass is 10.0. The van der Waals surface area contributed by atoms with Crippen molar-refractivity contribution in [1.82, 2.24) is 0 Å². The second kappa shape index (κ2) is 5.62. The zero-order chi connectivity index (χ0) is 13.1. The maximum Gasteiger partial charge on any atom is 0.126 e. The van der Waals surface area contributed by atoms with Crippen LogP contribution >= 0.6 is 0 Å². The van der Waals surface area contributed by atoms with Gasteiger partial charge in [-0.2, -0.15) is 0 Å². The molecule has 19 heavy (non-hydrogen) atoms. The molecule has 0 heterocycles. The van der Waals surface area contributed by atoms with Crippen molar-refractivity contribution >= 4 is 10.8 Å². The Labute approximate surface area is 114 Å². The molecular formula is C17H22NO+. The highest BCUT2D eigenvalue weighted by molar-refractivity contribution is 5.90. The van der Waals surface area contributed by atoms with Crippen LogP contribution in [0.2, 0.25) is 0 Å². The zero-order valence-corrected chi connectivity index (χ0v) is 11.6. The molecule has 0 spiro atoms. The van der Waals surface area contributed by atoms with Crippen molar-refractivity contribution in [3.63, 3.8) is 0 Å². The number of hydrogen-bond donors (Lipinski definition) is 1. The molecule has 1 saturated carbocycles. The lowest BCUT2D eigenvalue weighted by molar-refractivity contribution is -0.703. The highest BCUT2D eigenvalue weighted by Crippen LogP contribution is 2.28. The van der Waals surface area contributed by atoms with Gasteiger partial charge in [-0.3, -0.25) is 0 Å². The summed E-state index contributed by atoms with van der Waals surface area (Å²) in [4.78, 5) is 0. The van der Waals surface area contributed by atoms with E-state index in [1.165, 1.54) is 42.0 Å². The van der Waals surface area contributed by atoms with Crippen LogP contribution in [-0.2, 0) is 6.54 Å². The van der Waals surface area contributed by atoms with Gasteiger partial charge in [0.05, 0.1) is 13.2 Å². The molecule has 2 aromatic rings. The topological polar surface area (TPSA) is 25.8 Å². The molecular weight excluding hydrogens is 234 g/mol. The van der Waals surface area contributed by atoms with Crippen molar-refractivity contribution in [1.29, 1.82) is 0 Å². The van der Waals surface area contributed by atoms with E-state index in [0.717, 1.165) is 18.3 Å². The molecule has 2 heteroatoms. The molecule has 0 saturated heterocycles. The van der Waals surface area contributed by atoms with E-state index in [1.54, 1.807) is 7.11 Å². The molecule has 2 nitrogen and oxygen atoms in total. The smallest absolute Gasteiger partial charge is 0.126 e. The van der Waals surface area contributed by atoms with E-state index in [-0.39, 0.29) is 0 Å². The molecule has 2 N–H and O–H groups in total. The molecule has 0 atom stereocenters. The lowest BCUT2D eigenvalue weighted by Gasteiger charge is -2.12. The lowest BCUT2D eigenvalue weighted by Crippen LogP contribution is -2.87. The summed E-state index contributed by atoms with van der Waals surface area (Å²) in [7, 11) is 1.74. The summed E-state index contributed by atoms with van der Waals surface area (Å²) in [5.41, 5.74) is 1.42. The van der Waals surface area contributed by atoms with Crippen molar-refractivity contribution in [2.45, 2.75) is 38.3 Å². The molecule has 1 aliphatic carbocycles. The molecule has 0 unspecified atom stereocenters. The fourth-order valence-corrected chi connectivity index (χ4v) is 3.18. The van der Waals surface area contributed by atoms with Crippen LogP contribution in [0.25, 0.3) is 10.8 Å². The van der Waals surface area contributed by atoms with Gasteiger partial charge in [-0.1, -0.05) is 24.3 Å². The highest BCUT2D eigenvalue weighted by atomic mass is 16.5. The maximum atomic E-state index is 5.45. The van der Waals surface area contributed by atoms with Gasteiger partial charge in [0.2, 0.25) is 0 Å². The molecule has 2 aromatic carbocycles. The Kier molecular flexibility index (Phi) is 3.69. The normalized spacial score (nSPS) is 16.1. The van der Waals surface area contributed by atoms with Gasteiger partial charge in [0.25, 0.3) is 0 Å². The van der Waals surface area contributed by atoms with Crippen LogP contribution in [0.15, 0.2) is 36.4 Å². The summed E-state index contributed by atoms with van der Waals surface area (Å²) in [5, 5.41) is 5.07. The molecule has 0 bridgehead atoms. The van der Waals surface area contributed by atoms with Crippen molar-refractivity contribution in [3.05, 3.63) is 42.0 Å². The standard InChI is InChI=1S/C17H21NO/c1-19-17-11-10-13(12-18-14-6-2-3-7-14)15-8-4-5-9-16(15)17/h4-5,8-11,14,18H,2-3,6-7,12H2,1H3/p+1. The van der Waals surface area contributed by atoms with Crippen molar-refractivity contribution in [2.24, 2.45) is 0 Å². The van der Waals surface area contributed by atoms with Crippen LogP contribution in [0.5, 0.6) is 5.75 Å². The number of benzene rings is 2. The third-order valence-electron chi connectivity index (χ3n) is 4.27. The number of hydrogen-bond acceptors (Lipinski definition) is 1. The summed E-state index contributed by atoms with van der Waals surface area (Å²) in [6, 6.07) is 13.7. The van der Waals surface area contributed by atoms with Crippen molar-refractivity contribution < 1.29 is 10.1 Å². The number of fused-ring (bicyclic) bond motifs is 1. The Morgan fingerprint density at radius 2 is 1.79 bits per heavy atom. The van der Waals surface area contributed by atoms with E-state index >= 15 is 0 Å². The number of quaternary nitrogens is 1. The maximum absolute atomic E-state index is 5.45. The van der Waals surface area contributed by atoms with Crippen LogP contribution in [0.4, 0.5) is 0 Å². The highest BCUT2D eigenvalue weighted by Gasteiger charge is 2.18. The zero-order valence-electron chi connectivity index (χ0n) is 11.6. The Morgan fingerprint density at radius 3 is 2.53 bits per heavy atom.